The van der Waals surface area contributed by atoms with Gasteiger partial charge in [0.15, 0.2) is 0 Å². The van der Waals surface area contributed by atoms with Crippen LogP contribution >= 0.6 is 11.6 Å². The Morgan fingerprint density at radius 1 is 1.47 bits per heavy atom. The first-order valence-electron chi connectivity index (χ1n) is 6.62. The van der Waals surface area contributed by atoms with E-state index < -0.39 is 0 Å². The van der Waals surface area contributed by atoms with Crippen LogP contribution in [0.5, 0.6) is 0 Å². The standard InChI is InChI=1S/C14H21ClN4/c1-4-12-14(15)13(18(3)17-12)9-19-7-5-6-11(19)8-10(2)16/h5-7,10H,4,8-9,16H2,1-3H3. The molecule has 2 rings (SSSR count). The largest absolute Gasteiger partial charge is 0.345 e. The highest BCUT2D eigenvalue weighted by Crippen LogP contribution is 2.22. The molecule has 0 amide bonds. The molecule has 0 saturated carbocycles. The molecule has 0 aliphatic heterocycles. The molecule has 2 N–H and O–H groups in total. The summed E-state index contributed by atoms with van der Waals surface area (Å²) in [5, 5.41) is 5.23. The Kier molecular flexibility index (Phi) is 4.32. The van der Waals surface area contributed by atoms with Crippen molar-refractivity contribution in [1.82, 2.24) is 14.3 Å². The zero-order valence-electron chi connectivity index (χ0n) is 11.7. The van der Waals surface area contributed by atoms with Crippen LogP contribution in [0.2, 0.25) is 5.02 Å². The maximum Gasteiger partial charge on any atom is 0.0868 e. The van der Waals surface area contributed by atoms with Crippen LogP contribution in [-0.4, -0.2) is 20.4 Å². The molecule has 0 aliphatic carbocycles. The first-order valence-corrected chi connectivity index (χ1v) is 7.00. The Bertz CT molecular complexity index is 554. The molecular weight excluding hydrogens is 260 g/mol. The van der Waals surface area contributed by atoms with Crippen molar-refractivity contribution < 1.29 is 0 Å². The van der Waals surface area contributed by atoms with Gasteiger partial charge in [0.05, 0.1) is 23.0 Å². The monoisotopic (exact) mass is 280 g/mol. The van der Waals surface area contributed by atoms with E-state index in [4.69, 9.17) is 17.3 Å². The molecule has 1 atom stereocenters. The summed E-state index contributed by atoms with van der Waals surface area (Å²) in [4.78, 5) is 0. The fourth-order valence-corrected chi connectivity index (χ4v) is 2.63. The van der Waals surface area contributed by atoms with E-state index in [-0.39, 0.29) is 6.04 Å². The highest BCUT2D eigenvalue weighted by Gasteiger charge is 2.14. The number of nitrogens with zero attached hydrogens (tertiary/aromatic N) is 3. The van der Waals surface area contributed by atoms with Gasteiger partial charge < -0.3 is 10.3 Å². The van der Waals surface area contributed by atoms with Crippen molar-refractivity contribution >= 4 is 11.6 Å². The molecule has 5 heteroatoms. The van der Waals surface area contributed by atoms with E-state index in [9.17, 15) is 0 Å². The van der Waals surface area contributed by atoms with Crippen LogP contribution in [0.3, 0.4) is 0 Å². The summed E-state index contributed by atoms with van der Waals surface area (Å²) in [7, 11) is 1.94. The first kappa shape index (κ1) is 14.2. The third-order valence-corrected chi connectivity index (χ3v) is 3.71. The molecule has 0 aromatic carbocycles. The van der Waals surface area contributed by atoms with Gasteiger partial charge in [0.2, 0.25) is 0 Å². The van der Waals surface area contributed by atoms with Crippen LogP contribution in [0.4, 0.5) is 0 Å². The van der Waals surface area contributed by atoms with Gasteiger partial charge in [-0.15, -0.1) is 0 Å². The van der Waals surface area contributed by atoms with Crippen molar-refractivity contribution in [3.8, 4) is 0 Å². The maximum atomic E-state index is 6.38. The van der Waals surface area contributed by atoms with Crippen molar-refractivity contribution in [1.29, 1.82) is 0 Å². The quantitative estimate of drug-likeness (QED) is 0.914. The number of halogens is 1. The molecule has 2 heterocycles. The van der Waals surface area contributed by atoms with Crippen molar-refractivity contribution in [3.63, 3.8) is 0 Å². The minimum absolute atomic E-state index is 0.155. The normalized spacial score (nSPS) is 12.9. The Hall–Kier alpha value is -1.26. The van der Waals surface area contributed by atoms with E-state index in [0.717, 1.165) is 35.8 Å². The van der Waals surface area contributed by atoms with E-state index in [2.05, 4.69) is 28.9 Å². The Morgan fingerprint density at radius 3 is 2.79 bits per heavy atom. The fraction of sp³-hybridized carbons (Fsp3) is 0.500. The highest BCUT2D eigenvalue weighted by molar-refractivity contribution is 6.31. The van der Waals surface area contributed by atoms with Gasteiger partial charge in [-0.25, -0.2) is 0 Å². The first-order chi connectivity index (χ1) is 9.02. The number of hydrogen-bond acceptors (Lipinski definition) is 2. The van der Waals surface area contributed by atoms with Gasteiger partial charge in [-0.2, -0.15) is 5.10 Å². The van der Waals surface area contributed by atoms with E-state index in [1.165, 1.54) is 5.69 Å². The third-order valence-electron chi connectivity index (χ3n) is 3.28. The van der Waals surface area contributed by atoms with Crippen molar-refractivity contribution in [2.75, 3.05) is 0 Å². The van der Waals surface area contributed by atoms with Gasteiger partial charge in [0.25, 0.3) is 0 Å². The molecule has 2 aromatic heterocycles. The van der Waals surface area contributed by atoms with E-state index in [1.807, 2.05) is 24.7 Å². The number of aromatic nitrogens is 3. The van der Waals surface area contributed by atoms with Crippen LogP contribution in [0.25, 0.3) is 0 Å². The molecule has 0 radical (unpaired) electrons. The average Bonchev–Trinajstić information content (AvgIpc) is 2.88. The van der Waals surface area contributed by atoms with Gasteiger partial charge in [-0.3, -0.25) is 4.68 Å². The summed E-state index contributed by atoms with van der Waals surface area (Å²) >= 11 is 6.38. The van der Waals surface area contributed by atoms with E-state index in [1.54, 1.807) is 0 Å². The maximum absolute atomic E-state index is 6.38. The number of hydrogen-bond donors (Lipinski definition) is 1. The van der Waals surface area contributed by atoms with Crippen molar-refractivity contribution in [3.05, 3.63) is 40.4 Å². The van der Waals surface area contributed by atoms with Crippen molar-refractivity contribution in [2.45, 2.75) is 39.3 Å². The van der Waals surface area contributed by atoms with Crippen molar-refractivity contribution in [2.24, 2.45) is 12.8 Å². The van der Waals surface area contributed by atoms with Gasteiger partial charge >= 0.3 is 0 Å². The third kappa shape index (κ3) is 3.01. The topological polar surface area (TPSA) is 48.8 Å². The number of rotatable bonds is 5. The predicted molar refractivity (Wildman–Crippen MR) is 78.5 cm³/mol. The highest BCUT2D eigenvalue weighted by atomic mass is 35.5. The fourth-order valence-electron chi connectivity index (χ4n) is 2.27. The van der Waals surface area contributed by atoms with E-state index in [0.29, 0.717) is 0 Å². The summed E-state index contributed by atoms with van der Waals surface area (Å²) in [6.07, 6.45) is 3.78. The lowest BCUT2D eigenvalue weighted by molar-refractivity contribution is 0.626. The summed E-state index contributed by atoms with van der Waals surface area (Å²) in [6, 6.07) is 4.30. The summed E-state index contributed by atoms with van der Waals surface area (Å²) in [5.74, 6) is 0. The molecule has 104 valence electrons. The van der Waals surface area contributed by atoms with Gasteiger partial charge in [0.1, 0.15) is 0 Å². The molecule has 0 aliphatic rings. The predicted octanol–water partition coefficient (Wildman–Crippen LogP) is 2.38. The summed E-state index contributed by atoms with van der Waals surface area (Å²) in [5.41, 5.74) is 9.10. The minimum Gasteiger partial charge on any atom is -0.345 e. The van der Waals surface area contributed by atoms with Gasteiger partial charge in [-0.05, 0) is 25.5 Å². The van der Waals surface area contributed by atoms with Crippen LogP contribution < -0.4 is 5.73 Å². The second-order valence-electron chi connectivity index (χ2n) is 4.99. The van der Waals surface area contributed by atoms with Gasteiger partial charge in [0, 0.05) is 31.4 Å². The van der Waals surface area contributed by atoms with Crippen LogP contribution in [0.15, 0.2) is 18.3 Å². The molecule has 0 spiro atoms. The molecule has 2 aromatic rings. The van der Waals surface area contributed by atoms with Crippen LogP contribution in [0, 0.1) is 0 Å². The zero-order chi connectivity index (χ0) is 14.0. The smallest absolute Gasteiger partial charge is 0.0868 e. The van der Waals surface area contributed by atoms with Crippen LogP contribution in [0.1, 0.15) is 30.9 Å². The number of nitrogens with two attached hydrogens (primary N) is 1. The molecule has 4 nitrogen and oxygen atoms in total. The molecule has 19 heavy (non-hydrogen) atoms. The summed E-state index contributed by atoms with van der Waals surface area (Å²) in [6.45, 7) is 4.82. The lowest BCUT2D eigenvalue weighted by Crippen LogP contribution is -2.20. The molecule has 0 bridgehead atoms. The summed E-state index contributed by atoms with van der Waals surface area (Å²) < 4.78 is 4.06. The second-order valence-corrected chi connectivity index (χ2v) is 5.37. The molecular formula is C14H21ClN4. The molecule has 0 fully saturated rings. The SMILES string of the molecule is CCc1nn(C)c(Cn2cccc2CC(C)N)c1Cl. The van der Waals surface area contributed by atoms with E-state index >= 15 is 0 Å². The Labute approximate surface area is 119 Å². The molecule has 0 saturated heterocycles. The lowest BCUT2D eigenvalue weighted by Gasteiger charge is -2.11. The molecule has 1 unspecified atom stereocenters. The zero-order valence-corrected chi connectivity index (χ0v) is 12.5. The second kappa shape index (κ2) is 5.80. The van der Waals surface area contributed by atoms with Crippen LogP contribution in [-0.2, 0) is 26.4 Å². The minimum atomic E-state index is 0.155. The Morgan fingerprint density at radius 2 is 2.21 bits per heavy atom. The average molecular weight is 281 g/mol. The van der Waals surface area contributed by atoms with Gasteiger partial charge in [-0.1, -0.05) is 18.5 Å². The Balaban J connectivity index is 2.26. The number of aryl methyl sites for hydroxylation is 2. The lowest BCUT2D eigenvalue weighted by atomic mass is 10.2.